The third kappa shape index (κ3) is 6.97. The molecule has 28 heavy (non-hydrogen) atoms. The monoisotopic (exact) mass is 515 g/mol. The minimum absolute atomic E-state index is 0. The normalized spacial score (nSPS) is 15.9. The third-order valence-electron chi connectivity index (χ3n) is 5.19. The van der Waals surface area contributed by atoms with E-state index in [1.165, 1.54) is 24.0 Å². The molecule has 1 fully saturated rings. The molecule has 7 heteroatoms. The molecule has 0 aliphatic carbocycles. The molecular formula is C21H31ClIN5. The fourth-order valence-corrected chi connectivity index (χ4v) is 3.72. The second kappa shape index (κ2) is 11.7. The van der Waals surface area contributed by atoms with E-state index in [1.807, 2.05) is 26.2 Å². The number of benzene rings is 1. The van der Waals surface area contributed by atoms with Crippen molar-refractivity contribution in [2.24, 2.45) is 18.0 Å². The van der Waals surface area contributed by atoms with Crippen molar-refractivity contribution in [1.82, 2.24) is 20.1 Å². The average molecular weight is 516 g/mol. The summed E-state index contributed by atoms with van der Waals surface area (Å²) in [4.78, 5) is 6.84. The molecule has 5 nitrogen and oxygen atoms in total. The quantitative estimate of drug-likeness (QED) is 0.349. The number of rotatable bonds is 6. The zero-order valence-electron chi connectivity index (χ0n) is 16.7. The Morgan fingerprint density at radius 3 is 2.57 bits per heavy atom. The second-order valence-electron chi connectivity index (χ2n) is 7.30. The van der Waals surface area contributed by atoms with Crippen molar-refractivity contribution in [2.45, 2.75) is 25.9 Å². The van der Waals surface area contributed by atoms with Crippen molar-refractivity contribution < 1.29 is 0 Å². The van der Waals surface area contributed by atoms with Crippen LogP contribution in [-0.4, -0.2) is 42.1 Å². The van der Waals surface area contributed by atoms with Gasteiger partial charge in [0.2, 0.25) is 0 Å². The SMILES string of the molecule is CN=C(NCc1ccn(C)c1)NCC1CCN(Cc2ccccc2Cl)CC1.I. The van der Waals surface area contributed by atoms with E-state index in [1.54, 1.807) is 0 Å². The van der Waals surface area contributed by atoms with E-state index in [0.717, 1.165) is 43.7 Å². The molecular weight excluding hydrogens is 485 g/mol. The van der Waals surface area contributed by atoms with Crippen molar-refractivity contribution in [3.8, 4) is 0 Å². The number of likely N-dealkylation sites (tertiary alicyclic amines) is 1. The van der Waals surface area contributed by atoms with Crippen molar-refractivity contribution in [1.29, 1.82) is 0 Å². The van der Waals surface area contributed by atoms with Crippen LogP contribution in [0.4, 0.5) is 0 Å². The number of guanidine groups is 1. The topological polar surface area (TPSA) is 44.6 Å². The number of aromatic nitrogens is 1. The summed E-state index contributed by atoms with van der Waals surface area (Å²) in [5.41, 5.74) is 2.48. The maximum Gasteiger partial charge on any atom is 0.191 e. The van der Waals surface area contributed by atoms with E-state index in [2.05, 4.69) is 55.7 Å². The Morgan fingerprint density at radius 2 is 1.93 bits per heavy atom. The highest BCUT2D eigenvalue weighted by Crippen LogP contribution is 2.21. The molecule has 154 valence electrons. The van der Waals surface area contributed by atoms with E-state index in [-0.39, 0.29) is 24.0 Å². The first kappa shape index (κ1) is 23.0. The molecule has 0 saturated carbocycles. The van der Waals surface area contributed by atoms with E-state index in [9.17, 15) is 0 Å². The second-order valence-corrected chi connectivity index (χ2v) is 7.71. The van der Waals surface area contributed by atoms with Gasteiger partial charge in [0.15, 0.2) is 5.96 Å². The van der Waals surface area contributed by atoms with Gasteiger partial charge in [-0.3, -0.25) is 9.89 Å². The molecule has 1 aliphatic rings. The number of piperidine rings is 1. The molecule has 1 aromatic heterocycles. The number of halogens is 2. The third-order valence-corrected chi connectivity index (χ3v) is 5.56. The Balaban J connectivity index is 0.00000280. The van der Waals surface area contributed by atoms with E-state index in [4.69, 9.17) is 11.6 Å². The van der Waals surface area contributed by atoms with Gasteiger partial charge >= 0.3 is 0 Å². The lowest BCUT2D eigenvalue weighted by atomic mass is 9.96. The summed E-state index contributed by atoms with van der Waals surface area (Å²) in [5.74, 6) is 1.56. The van der Waals surface area contributed by atoms with Gasteiger partial charge in [0.1, 0.15) is 0 Å². The fraction of sp³-hybridized carbons (Fsp3) is 0.476. The summed E-state index contributed by atoms with van der Waals surface area (Å²) in [6.07, 6.45) is 6.58. The number of nitrogens with zero attached hydrogens (tertiary/aromatic N) is 3. The van der Waals surface area contributed by atoms with E-state index in [0.29, 0.717) is 5.92 Å². The van der Waals surface area contributed by atoms with E-state index < -0.39 is 0 Å². The van der Waals surface area contributed by atoms with E-state index >= 15 is 0 Å². The molecule has 2 aromatic rings. The number of aryl methyl sites for hydroxylation is 1. The number of nitrogens with one attached hydrogen (secondary N) is 2. The molecule has 0 bridgehead atoms. The van der Waals surface area contributed by atoms with Crippen LogP contribution in [0.3, 0.4) is 0 Å². The van der Waals surface area contributed by atoms with Crippen LogP contribution in [0, 0.1) is 5.92 Å². The molecule has 1 aromatic carbocycles. The molecule has 2 heterocycles. The van der Waals surface area contributed by atoms with Gasteiger partial charge in [-0.25, -0.2) is 0 Å². The average Bonchev–Trinajstić information content (AvgIpc) is 3.10. The largest absolute Gasteiger partial charge is 0.357 e. The zero-order valence-corrected chi connectivity index (χ0v) is 19.8. The first-order chi connectivity index (χ1) is 13.1. The van der Waals surface area contributed by atoms with Gasteiger partial charge in [-0.05, 0) is 55.1 Å². The van der Waals surface area contributed by atoms with Gasteiger partial charge in [0.05, 0.1) is 0 Å². The standard InChI is InChI=1S/C21H30ClN5.HI/c1-23-21(25-14-18-7-10-26(2)15-18)24-13-17-8-11-27(12-9-17)16-19-5-3-4-6-20(19)22;/h3-7,10,15,17H,8-9,11-14,16H2,1-2H3,(H2,23,24,25);1H. The summed E-state index contributed by atoms with van der Waals surface area (Å²) < 4.78 is 2.06. The Hall–Kier alpha value is -1.25. The fourth-order valence-electron chi connectivity index (χ4n) is 3.53. The van der Waals surface area contributed by atoms with Gasteiger partial charge < -0.3 is 15.2 Å². The smallest absolute Gasteiger partial charge is 0.191 e. The molecule has 0 spiro atoms. The highest BCUT2D eigenvalue weighted by atomic mass is 127. The van der Waals surface area contributed by atoms with Crippen LogP contribution in [0.5, 0.6) is 0 Å². The van der Waals surface area contributed by atoms with Crippen LogP contribution in [-0.2, 0) is 20.1 Å². The predicted octanol–water partition coefficient (Wildman–Crippen LogP) is 3.87. The number of hydrogen-bond donors (Lipinski definition) is 2. The van der Waals surface area contributed by atoms with Crippen molar-refractivity contribution in [2.75, 3.05) is 26.7 Å². The van der Waals surface area contributed by atoms with Gasteiger partial charge in [-0.1, -0.05) is 29.8 Å². The van der Waals surface area contributed by atoms with Crippen LogP contribution in [0.25, 0.3) is 0 Å². The molecule has 0 atom stereocenters. The lowest BCUT2D eigenvalue weighted by Crippen LogP contribution is -2.42. The summed E-state index contributed by atoms with van der Waals surface area (Å²) in [6, 6.07) is 10.3. The first-order valence-corrected chi connectivity index (χ1v) is 10.0. The van der Waals surface area contributed by atoms with Crippen molar-refractivity contribution in [3.05, 3.63) is 58.9 Å². The molecule has 1 saturated heterocycles. The highest BCUT2D eigenvalue weighted by molar-refractivity contribution is 14.0. The maximum absolute atomic E-state index is 6.29. The first-order valence-electron chi connectivity index (χ1n) is 9.65. The summed E-state index contributed by atoms with van der Waals surface area (Å²) in [6.45, 7) is 4.94. The molecule has 0 amide bonds. The van der Waals surface area contributed by atoms with Crippen LogP contribution >= 0.6 is 35.6 Å². The lowest BCUT2D eigenvalue weighted by molar-refractivity contribution is 0.178. The van der Waals surface area contributed by atoms with Gasteiger partial charge in [-0.2, -0.15) is 0 Å². The molecule has 1 aliphatic heterocycles. The Bertz CT molecular complexity index is 753. The molecule has 2 N–H and O–H groups in total. The highest BCUT2D eigenvalue weighted by Gasteiger charge is 2.20. The Morgan fingerprint density at radius 1 is 1.18 bits per heavy atom. The van der Waals surface area contributed by atoms with Crippen LogP contribution in [0.2, 0.25) is 5.02 Å². The van der Waals surface area contributed by atoms with Gasteiger partial charge in [0.25, 0.3) is 0 Å². The summed E-state index contributed by atoms with van der Waals surface area (Å²) in [5, 5.41) is 7.74. The number of aliphatic imine (C=N–C) groups is 1. The summed E-state index contributed by atoms with van der Waals surface area (Å²) in [7, 11) is 3.86. The Labute approximate surface area is 190 Å². The minimum Gasteiger partial charge on any atom is -0.357 e. The van der Waals surface area contributed by atoms with Crippen LogP contribution in [0.1, 0.15) is 24.0 Å². The van der Waals surface area contributed by atoms with Crippen molar-refractivity contribution in [3.63, 3.8) is 0 Å². The Kier molecular flexibility index (Phi) is 9.61. The molecule has 0 radical (unpaired) electrons. The zero-order chi connectivity index (χ0) is 19.1. The van der Waals surface area contributed by atoms with Crippen molar-refractivity contribution >= 4 is 41.5 Å². The predicted molar refractivity (Wildman–Crippen MR) is 128 cm³/mol. The van der Waals surface area contributed by atoms with Gasteiger partial charge in [0, 0.05) is 51.1 Å². The number of hydrogen-bond acceptors (Lipinski definition) is 2. The van der Waals surface area contributed by atoms with Crippen LogP contribution in [0.15, 0.2) is 47.7 Å². The minimum atomic E-state index is 0. The lowest BCUT2D eigenvalue weighted by Gasteiger charge is -2.32. The van der Waals surface area contributed by atoms with Gasteiger partial charge in [-0.15, -0.1) is 24.0 Å². The molecule has 0 unspecified atom stereocenters. The summed E-state index contributed by atoms with van der Waals surface area (Å²) >= 11 is 6.29. The molecule has 3 rings (SSSR count). The maximum atomic E-state index is 6.29. The van der Waals surface area contributed by atoms with Crippen LogP contribution < -0.4 is 10.6 Å².